The zero-order valence-electron chi connectivity index (χ0n) is 20.5. The smallest absolute Gasteiger partial charge is 0.263 e. The molecule has 0 saturated carbocycles. The van der Waals surface area contributed by atoms with E-state index in [2.05, 4.69) is 51.1 Å². The number of carbonyl (C=O) groups excluding carboxylic acids is 1. The molecule has 0 aliphatic heterocycles. The Morgan fingerprint density at radius 2 is 1.61 bits per heavy atom. The Labute approximate surface area is 192 Å². The molecule has 0 atom stereocenters. The lowest BCUT2D eigenvalue weighted by Crippen LogP contribution is -2.25. The van der Waals surface area contributed by atoms with E-state index in [0.717, 1.165) is 28.8 Å². The molecule has 1 heterocycles. The van der Waals surface area contributed by atoms with Gasteiger partial charge in [-0.15, -0.1) is 11.3 Å². The molecule has 1 aromatic carbocycles. The predicted octanol–water partition coefficient (Wildman–Crippen LogP) is 6.74. The van der Waals surface area contributed by atoms with Crippen LogP contribution in [0.3, 0.4) is 0 Å². The molecule has 1 aromatic heterocycles. The largest absolute Gasteiger partial charge is 0.386 e. The number of aliphatic hydroxyl groups is 1. The molecular formula is C27H39NO2S. The number of aryl methyl sites for hydroxylation is 2. The lowest BCUT2D eigenvalue weighted by atomic mass is 9.74. The fraction of sp³-hybridized carbons (Fsp3) is 0.519. The Morgan fingerprint density at radius 1 is 1.00 bits per heavy atom. The van der Waals surface area contributed by atoms with Gasteiger partial charge in [0, 0.05) is 24.4 Å². The number of hydrogen-bond acceptors (Lipinski definition) is 3. The van der Waals surface area contributed by atoms with Crippen LogP contribution < -0.4 is 0 Å². The molecule has 31 heavy (non-hydrogen) atoms. The van der Waals surface area contributed by atoms with Gasteiger partial charge in [-0.3, -0.25) is 4.79 Å². The maximum Gasteiger partial charge on any atom is 0.263 e. The molecule has 4 heteroatoms. The van der Waals surface area contributed by atoms with Gasteiger partial charge < -0.3 is 10.0 Å². The maximum atomic E-state index is 12.6. The summed E-state index contributed by atoms with van der Waals surface area (Å²) in [5.41, 5.74) is 3.83. The quantitative estimate of drug-likeness (QED) is 0.468. The molecule has 0 saturated heterocycles. The van der Waals surface area contributed by atoms with Crippen LogP contribution in [0, 0.1) is 13.8 Å². The summed E-state index contributed by atoms with van der Waals surface area (Å²) in [5.74, 6) is 0.0749. The van der Waals surface area contributed by atoms with Crippen LogP contribution in [0.5, 0.6) is 0 Å². The molecule has 1 N–H and O–H groups in total. The van der Waals surface area contributed by atoms with Crippen molar-refractivity contribution >= 4 is 23.3 Å². The van der Waals surface area contributed by atoms with Crippen LogP contribution in [0.25, 0.3) is 6.08 Å². The number of amides is 1. The number of nitrogens with zero attached hydrogens (tertiary/aromatic N) is 1. The second-order valence-electron chi connectivity index (χ2n) is 8.83. The number of benzene rings is 1. The highest BCUT2D eigenvalue weighted by molar-refractivity contribution is 7.14. The van der Waals surface area contributed by atoms with Crippen LogP contribution in [0.1, 0.15) is 90.2 Å². The van der Waals surface area contributed by atoms with E-state index in [-0.39, 0.29) is 11.3 Å². The van der Waals surface area contributed by atoms with Gasteiger partial charge in [-0.2, -0.15) is 0 Å². The summed E-state index contributed by atoms with van der Waals surface area (Å²) in [7, 11) is 3.61. The van der Waals surface area contributed by atoms with Crippen molar-refractivity contribution in [3.05, 3.63) is 62.3 Å². The third-order valence-corrected chi connectivity index (χ3v) is 8.25. The van der Waals surface area contributed by atoms with Gasteiger partial charge >= 0.3 is 0 Å². The van der Waals surface area contributed by atoms with Crippen molar-refractivity contribution in [3.63, 3.8) is 0 Å². The van der Waals surface area contributed by atoms with Gasteiger partial charge in [0.25, 0.3) is 5.91 Å². The van der Waals surface area contributed by atoms with E-state index in [4.69, 9.17) is 0 Å². The fourth-order valence-corrected chi connectivity index (χ4v) is 5.72. The van der Waals surface area contributed by atoms with Crippen molar-refractivity contribution in [1.82, 2.24) is 4.90 Å². The molecule has 2 rings (SSSR count). The van der Waals surface area contributed by atoms with Crippen LogP contribution in [0.2, 0.25) is 0 Å². The first-order valence-electron chi connectivity index (χ1n) is 11.4. The Morgan fingerprint density at radius 3 is 2.10 bits per heavy atom. The van der Waals surface area contributed by atoms with E-state index in [1.165, 1.54) is 16.0 Å². The first-order chi connectivity index (χ1) is 14.6. The number of rotatable bonds is 9. The van der Waals surface area contributed by atoms with Crippen molar-refractivity contribution in [2.24, 2.45) is 0 Å². The minimum Gasteiger partial charge on any atom is -0.386 e. The lowest BCUT2D eigenvalue weighted by Gasteiger charge is -2.32. The average Bonchev–Trinajstić information content (AvgIpc) is 3.15. The highest BCUT2D eigenvalue weighted by atomic mass is 32.1. The molecule has 1 amide bonds. The minimum absolute atomic E-state index is 0.0749. The number of hydrogen-bond donors (Lipinski definition) is 1. The second-order valence-corrected chi connectivity index (χ2v) is 9.88. The van der Waals surface area contributed by atoms with Gasteiger partial charge in [0.15, 0.2) is 0 Å². The normalized spacial score (nSPS) is 12.5. The van der Waals surface area contributed by atoms with E-state index >= 15 is 0 Å². The van der Waals surface area contributed by atoms with Gasteiger partial charge in [-0.1, -0.05) is 58.0 Å². The minimum atomic E-state index is -0.744. The van der Waals surface area contributed by atoms with Crippen molar-refractivity contribution in [2.75, 3.05) is 14.1 Å². The third-order valence-electron chi connectivity index (χ3n) is 6.82. The highest BCUT2D eigenvalue weighted by Gasteiger charge is 2.34. The first kappa shape index (κ1) is 25.4. The van der Waals surface area contributed by atoms with Gasteiger partial charge in [0.2, 0.25) is 0 Å². The lowest BCUT2D eigenvalue weighted by molar-refractivity contribution is 0.0828. The molecule has 0 unspecified atom stereocenters. The van der Waals surface area contributed by atoms with E-state index in [1.54, 1.807) is 16.2 Å². The molecular weight excluding hydrogens is 402 g/mol. The summed E-state index contributed by atoms with van der Waals surface area (Å²) in [6.07, 6.45) is 7.34. The topological polar surface area (TPSA) is 40.5 Å². The average molecular weight is 442 g/mol. The van der Waals surface area contributed by atoms with Gasteiger partial charge in [-0.05, 0) is 67.9 Å². The van der Waals surface area contributed by atoms with E-state index in [1.807, 2.05) is 40.9 Å². The van der Waals surface area contributed by atoms with Crippen LogP contribution >= 0.6 is 11.3 Å². The Bertz CT molecular complexity index is 931. The fourth-order valence-electron chi connectivity index (χ4n) is 4.17. The molecule has 2 aromatic rings. The standard InChI is InChI=1S/C27H39NO2S/c1-9-26(30,10-2)16-15-21-13-14-22(17-19(21)5)27(11-3,12-4)23-18-20(6)24(31-23)25(29)28(7)8/h13-18,30H,9-12H2,1-8H3/b16-15+. The van der Waals surface area contributed by atoms with Gasteiger partial charge in [-0.25, -0.2) is 0 Å². The Balaban J connectivity index is 2.51. The van der Waals surface area contributed by atoms with E-state index in [0.29, 0.717) is 12.8 Å². The Kier molecular flexibility index (Phi) is 8.29. The summed E-state index contributed by atoms with van der Waals surface area (Å²) >= 11 is 1.64. The molecule has 0 aliphatic carbocycles. The zero-order chi connectivity index (χ0) is 23.4. The summed E-state index contributed by atoms with van der Waals surface area (Å²) in [4.78, 5) is 16.4. The van der Waals surface area contributed by atoms with E-state index < -0.39 is 5.60 Å². The van der Waals surface area contributed by atoms with Crippen molar-refractivity contribution in [2.45, 2.75) is 78.2 Å². The monoisotopic (exact) mass is 441 g/mol. The highest BCUT2D eigenvalue weighted by Crippen LogP contribution is 2.44. The molecule has 3 nitrogen and oxygen atoms in total. The molecule has 0 fully saturated rings. The zero-order valence-corrected chi connectivity index (χ0v) is 21.3. The summed E-state index contributed by atoms with van der Waals surface area (Å²) in [6.45, 7) is 12.7. The van der Waals surface area contributed by atoms with Crippen molar-refractivity contribution in [1.29, 1.82) is 0 Å². The second kappa shape index (κ2) is 10.1. The van der Waals surface area contributed by atoms with Crippen molar-refractivity contribution in [3.8, 4) is 0 Å². The predicted molar refractivity (Wildman–Crippen MR) is 134 cm³/mol. The van der Waals surface area contributed by atoms with Crippen LogP contribution in [-0.4, -0.2) is 35.6 Å². The number of carbonyl (C=O) groups is 1. The summed E-state index contributed by atoms with van der Waals surface area (Å²) < 4.78 is 0. The molecule has 0 radical (unpaired) electrons. The van der Waals surface area contributed by atoms with Gasteiger partial charge in [0.1, 0.15) is 0 Å². The molecule has 0 aliphatic rings. The van der Waals surface area contributed by atoms with Crippen LogP contribution in [0.15, 0.2) is 30.3 Å². The van der Waals surface area contributed by atoms with Crippen LogP contribution in [-0.2, 0) is 5.41 Å². The Hall–Kier alpha value is -1.91. The SMILES string of the molecule is CCC(O)(/C=C/c1ccc(C(CC)(CC)c2cc(C)c(C(=O)N(C)C)s2)cc1C)CC. The van der Waals surface area contributed by atoms with E-state index in [9.17, 15) is 9.90 Å². The first-order valence-corrected chi connectivity index (χ1v) is 12.2. The molecule has 170 valence electrons. The molecule has 0 spiro atoms. The van der Waals surface area contributed by atoms with Gasteiger partial charge in [0.05, 0.1) is 10.5 Å². The number of thiophene rings is 1. The van der Waals surface area contributed by atoms with Crippen LogP contribution in [0.4, 0.5) is 0 Å². The maximum absolute atomic E-state index is 12.6. The summed E-state index contributed by atoms with van der Waals surface area (Å²) in [6, 6.07) is 8.88. The third kappa shape index (κ3) is 5.12. The summed E-state index contributed by atoms with van der Waals surface area (Å²) in [5, 5.41) is 10.6. The molecule has 0 bridgehead atoms. The van der Waals surface area contributed by atoms with Crippen molar-refractivity contribution < 1.29 is 9.90 Å².